The van der Waals surface area contributed by atoms with E-state index in [1.165, 1.54) is 6.07 Å². The van der Waals surface area contributed by atoms with Crippen molar-refractivity contribution < 1.29 is 19.7 Å². The van der Waals surface area contributed by atoms with Gasteiger partial charge in [0.05, 0.1) is 10.7 Å². The van der Waals surface area contributed by atoms with E-state index in [0.717, 1.165) is 4.90 Å². The molecule has 0 saturated carbocycles. The SMILES string of the molecule is O=C1c2ccccc2C(C=[NH+]CCO)C(=O)N1c1cc(Cl)ccc1Cl. The molecule has 3 rings (SSSR count). The van der Waals surface area contributed by atoms with Crippen molar-refractivity contribution in [3.8, 4) is 0 Å². The van der Waals surface area contributed by atoms with Crippen LogP contribution in [0.1, 0.15) is 21.8 Å². The number of aliphatic hydroxyl groups is 1. The van der Waals surface area contributed by atoms with Crippen LogP contribution >= 0.6 is 23.2 Å². The highest BCUT2D eigenvalue weighted by molar-refractivity contribution is 6.38. The normalized spacial score (nSPS) is 17.2. The number of nitrogens with zero attached hydrogens (tertiary/aromatic N) is 1. The molecule has 0 saturated heterocycles. The Balaban J connectivity index is 2.13. The van der Waals surface area contributed by atoms with Crippen LogP contribution in [0.2, 0.25) is 10.0 Å². The van der Waals surface area contributed by atoms with Gasteiger partial charge in [0.1, 0.15) is 12.5 Å². The Bertz CT molecular complexity index is 867. The fourth-order valence-electron chi connectivity index (χ4n) is 2.77. The largest absolute Gasteiger partial charge is 0.390 e. The number of aliphatic hydroxyl groups excluding tert-OH is 1. The molecule has 1 aliphatic heterocycles. The Kier molecular flexibility index (Phi) is 5.18. The van der Waals surface area contributed by atoms with Gasteiger partial charge in [-0.25, -0.2) is 9.89 Å². The third-order valence-corrected chi connectivity index (χ3v) is 4.46. The lowest BCUT2D eigenvalue weighted by atomic mass is 9.89. The van der Waals surface area contributed by atoms with E-state index >= 15 is 0 Å². The van der Waals surface area contributed by atoms with E-state index in [9.17, 15) is 9.59 Å². The minimum atomic E-state index is -0.685. The fraction of sp³-hybridized carbons (Fsp3) is 0.167. The molecular formula is C18H15Cl2N2O3+. The van der Waals surface area contributed by atoms with Gasteiger partial charge in [0.2, 0.25) is 0 Å². The number of halogens is 2. The number of imide groups is 1. The van der Waals surface area contributed by atoms with Crippen molar-refractivity contribution in [3.05, 3.63) is 63.6 Å². The lowest BCUT2D eigenvalue weighted by Gasteiger charge is -2.30. The predicted octanol–water partition coefficient (Wildman–Crippen LogP) is 1.41. The zero-order chi connectivity index (χ0) is 18.0. The number of nitrogens with one attached hydrogen (secondary N) is 1. The van der Waals surface area contributed by atoms with Gasteiger partial charge in [0.15, 0.2) is 12.8 Å². The van der Waals surface area contributed by atoms with Crippen LogP contribution in [0.4, 0.5) is 5.69 Å². The second kappa shape index (κ2) is 7.35. The van der Waals surface area contributed by atoms with E-state index in [-0.39, 0.29) is 17.3 Å². The second-order valence-corrected chi connectivity index (χ2v) is 6.33. The van der Waals surface area contributed by atoms with E-state index in [1.807, 2.05) is 0 Å². The van der Waals surface area contributed by atoms with Gasteiger partial charge >= 0.3 is 0 Å². The van der Waals surface area contributed by atoms with Crippen molar-refractivity contribution in [1.29, 1.82) is 0 Å². The molecule has 0 aromatic heterocycles. The maximum absolute atomic E-state index is 13.0. The molecule has 1 heterocycles. The van der Waals surface area contributed by atoms with Crippen molar-refractivity contribution in [1.82, 2.24) is 0 Å². The monoisotopic (exact) mass is 377 g/mol. The highest BCUT2D eigenvalue weighted by Crippen LogP contribution is 2.36. The van der Waals surface area contributed by atoms with Crippen molar-refractivity contribution in [2.75, 3.05) is 18.1 Å². The van der Waals surface area contributed by atoms with E-state index in [2.05, 4.69) is 4.99 Å². The molecular weight excluding hydrogens is 363 g/mol. The van der Waals surface area contributed by atoms with Gasteiger partial charge in [-0.15, -0.1) is 0 Å². The predicted molar refractivity (Wildman–Crippen MR) is 96.4 cm³/mol. The summed E-state index contributed by atoms with van der Waals surface area (Å²) in [6.45, 7) is 0.236. The molecule has 5 nitrogen and oxygen atoms in total. The van der Waals surface area contributed by atoms with Gasteiger partial charge in [-0.1, -0.05) is 41.4 Å². The Labute approximate surface area is 154 Å². The molecule has 0 fully saturated rings. The summed E-state index contributed by atoms with van der Waals surface area (Å²) in [5.74, 6) is -1.56. The van der Waals surface area contributed by atoms with Crippen molar-refractivity contribution in [2.24, 2.45) is 0 Å². The molecule has 2 aromatic rings. The van der Waals surface area contributed by atoms with Gasteiger partial charge < -0.3 is 5.11 Å². The zero-order valence-corrected chi connectivity index (χ0v) is 14.6. The number of benzene rings is 2. The van der Waals surface area contributed by atoms with E-state index < -0.39 is 17.7 Å². The molecule has 128 valence electrons. The first-order chi connectivity index (χ1) is 12.0. The van der Waals surface area contributed by atoms with Crippen LogP contribution < -0.4 is 9.89 Å². The first-order valence-corrected chi connectivity index (χ1v) is 8.40. The standard InChI is InChI=1S/C18H14Cl2N2O3/c19-11-5-6-15(20)16(9-11)22-17(24)13-4-2-1-3-12(13)14(18(22)25)10-21-7-8-23/h1-6,9-10,14,23H,7-8H2/p+1. The van der Waals surface area contributed by atoms with Crippen molar-refractivity contribution in [2.45, 2.75) is 5.92 Å². The van der Waals surface area contributed by atoms with E-state index in [4.69, 9.17) is 28.3 Å². The first kappa shape index (κ1) is 17.6. The second-order valence-electron chi connectivity index (χ2n) is 5.48. The quantitative estimate of drug-likeness (QED) is 0.624. The lowest BCUT2D eigenvalue weighted by molar-refractivity contribution is -0.456. The zero-order valence-electron chi connectivity index (χ0n) is 13.1. The number of anilines is 1. The third kappa shape index (κ3) is 3.31. The highest BCUT2D eigenvalue weighted by Gasteiger charge is 2.40. The fourth-order valence-corrected chi connectivity index (χ4v) is 3.14. The molecule has 0 spiro atoms. The van der Waals surface area contributed by atoms with Crippen molar-refractivity contribution in [3.63, 3.8) is 0 Å². The number of carbonyl (C=O) groups excluding carboxylic acids is 2. The Hall–Kier alpha value is -2.21. The third-order valence-electron chi connectivity index (χ3n) is 3.91. The van der Waals surface area contributed by atoms with Crippen LogP contribution in [0.25, 0.3) is 0 Å². The van der Waals surface area contributed by atoms with Crippen LogP contribution in [0.15, 0.2) is 42.5 Å². The van der Waals surface area contributed by atoms with Crippen LogP contribution in [-0.2, 0) is 4.79 Å². The van der Waals surface area contributed by atoms with E-state index in [0.29, 0.717) is 22.7 Å². The summed E-state index contributed by atoms with van der Waals surface area (Å²) in [5, 5.41) is 9.56. The van der Waals surface area contributed by atoms with Gasteiger partial charge in [-0.2, -0.15) is 0 Å². The molecule has 25 heavy (non-hydrogen) atoms. The molecule has 2 N–H and O–H groups in total. The number of rotatable bonds is 4. The number of hydrogen-bond acceptors (Lipinski definition) is 3. The van der Waals surface area contributed by atoms with Crippen molar-refractivity contribution >= 4 is 46.9 Å². The summed E-state index contributed by atoms with van der Waals surface area (Å²) in [6, 6.07) is 11.5. The molecule has 0 aliphatic carbocycles. The maximum Gasteiger partial charge on any atom is 0.265 e. The first-order valence-electron chi connectivity index (χ1n) is 7.64. The van der Waals surface area contributed by atoms with Crippen LogP contribution in [0.5, 0.6) is 0 Å². The summed E-state index contributed by atoms with van der Waals surface area (Å²) in [5.41, 5.74) is 1.28. The summed E-state index contributed by atoms with van der Waals surface area (Å²) < 4.78 is 0. The maximum atomic E-state index is 13.0. The minimum absolute atomic E-state index is 0.0676. The Morgan fingerprint density at radius 1 is 1.16 bits per heavy atom. The van der Waals surface area contributed by atoms with Gasteiger partial charge in [0.25, 0.3) is 11.8 Å². The highest BCUT2D eigenvalue weighted by atomic mass is 35.5. The van der Waals surface area contributed by atoms with Gasteiger partial charge in [-0.05, 0) is 29.8 Å². The number of amides is 2. The average molecular weight is 378 g/mol. The van der Waals surface area contributed by atoms with Gasteiger partial charge in [-0.3, -0.25) is 9.59 Å². The molecule has 2 amide bonds. The molecule has 7 heteroatoms. The number of fused-ring (bicyclic) bond motifs is 1. The average Bonchev–Trinajstić information content (AvgIpc) is 2.61. The molecule has 1 unspecified atom stereocenters. The molecule has 1 aliphatic rings. The lowest BCUT2D eigenvalue weighted by Crippen LogP contribution is -2.71. The summed E-state index contributed by atoms with van der Waals surface area (Å²) in [6.07, 6.45) is 1.58. The molecule has 0 bridgehead atoms. The topological polar surface area (TPSA) is 71.6 Å². The van der Waals surface area contributed by atoms with Crippen LogP contribution in [0, 0.1) is 0 Å². The van der Waals surface area contributed by atoms with Crippen LogP contribution in [-0.4, -0.2) is 36.3 Å². The molecule has 2 aromatic carbocycles. The smallest absolute Gasteiger partial charge is 0.265 e. The summed E-state index contributed by atoms with van der Waals surface area (Å²) >= 11 is 12.2. The van der Waals surface area contributed by atoms with Gasteiger partial charge in [0, 0.05) is 10.6 Å². The Morgan fingerprint density at radius 3 is 2.68 bits per heavy atom. The summed E-state index contributed by atoms with van der Waals surface area (Å²) in [7, 11) is 0. The Morgan fingerprint density at radius 2 is 1.92 bits per heavy atom. The number of carbonyl (C=O) groups is 2. The van der Waals surface area contributed by atoms with Crippen LogP contribution in [0.3, 0.4) is 0 Å². The summed E-state index contributed by atoms with van der Waals surface area (Å²) in [4.78, 5) is 29.9. The molecule has 0 radical (unpaired) electrons. The number of hydrogen-bond donors (Lipinski definition) is 2. The minimum Gasteiger partial charge on any atom is -0.390 e. The molecule has 1 atom stereocenters. The van der Waals surface area contributed by atoms with E-state index in [1.54, 1.807) is 42.6 Å².